The fourth-order valence-electron chi connectivity index (χ4n) is 3.69. The van der Waals surface area contributed by atoms with E-state index in [9.17, 15) is 18.4 Å². The smallest absolute Gasteiger partial charge is 0.273 e. The topological polar surface area (TPSA) is 131 Å². The summed E-state index contributed by atoms with van der Waals surface area (Å²) in [5.74, 6) is -0.313. The number of carbonyl (C=O) groups is 2. The van der Waals surface area contributed by atoms with Crippen LogP contribution in [0.5, 0.6) is 0 Å². The second-order valence-electron chi connectivity index (χ2n) is 7.90. The van der Waals surface area contributed by atoms with Crippen LogP contribution in [-0.4, -0.2) is 52.3 Å². The quantitative estimate of drug-likeness (QED) is 0.334. The Morgan fingerprint density at radius 2 is 1.91 bits per heavy atom. The van der Waals surface area contributed by atoms with Crippen LogP contribution in [0, 0.1) is 0 Å². The third kappa shape index (κ3) is 6.24. The molecule has 0 saturated heterocycles. The van der Waals surface area contributed by atoms with Crippen LogP contribution in [0.15, 0.2) is 66.2 Å². The van der Waals surface area contributed by atoms with Crippen molar-refractivity contribution in [1.29, 1.82) is 0 Å². The van der Waals surface area contributed by atoms with Gasteiger partial charge in [0.1, 0.15) is 11.1 Å². The summed E-state index contributed by atoms with van der Waals surface area (Å²) in [5.41, 5.74) is 4.41. The van der Waals surface area contributed by atoms with E-state index in [4.69, 9.17) is 5.10 Å². The molecule has 182 valence electrons. The minimum absolute atomic E-state index is 0.0314. The number of aromatic nitrogens is 2. The summed E-state index contributed by atoms with van der Waals surface area (Å²) in [4.78, 5) is 30.6. The number of anilines is 1. The van der Waals surface area contributed by atoms with Gasteiger partial charge in [-0.2, -0.15) is 5.10 Å². The molecule has 3 aromatic rings. The van der Waals surface area contributed by atoms with Gasteiger partial charge in [-0.3, -0.25) is 14.0 Å². The molecule has 35 heavy (non-hydrogen) atoms. The molecule has 11 heteroatoms. The highest BCUT2D eigenvalue weighted by Gasteiger charge is 2.31. The molecular weight excluding hydrogens is 486 g/mol. The molecule has 0 aliphatic carbocycles. The highest BCUT2D eigenvalue weighted by atomic mass is 32.2. The summed E-state index contributed by atoms with van der Waals surface area (Å²) in [5, 5.41) is 9.02. The maximum Gasteiger partial charge on any atom is 0.273 e. The van der Waals surface area contributed by atoms with Gasteiger partial charge in [-0.25, -0.2) is 4.98 Å². The lowest BCUT2D eigenvalue weighted by Crippen LogP contribution is -2.39. The van der Waals surface area contributed by atoms with Crippen molar-refractivity contribution in [3.05, 3.63) is 83.4 Å². The van der Waals surface area contributed by atoms with Crippen LogP contribution in [0.25, 0.3) is 0 Å². The van der Waals surface area contributed by atoms with Crippen molar-refractivity contribution in [2.24, 2.45) is 5.10 Å². The fourth-order valence-corrected chi connectivity index (χ4v) is 5.32. The van der Waals surface area contributed by atoms with Crippen molar-refractivity contribution in [2.45, 2.75) is 36.3 Å². The van der Waals surface area contributed by atoms with Crippen LogP contribution in [0.3, 0.4) is 0 Å². The number of hydrogen-bond acceptors (Lipinski definition) is 8. The minimum atomic E-state index is -2.14. The first-order valence-electron chi connectivity index (χ1n) is 11.0. The van der Waals surface area contributed by atoms with Crippen LogP contribution >= 0.6 is 11.8 Å². The van der Waals surface area contributed by atoms with Crippen molar-refractivity contribution in [1.82, 2.24) is 15.0 Å². The Balaban J connectivity index is 1.51. The number of aldehydes is 1. The van der Waals surface area contributed by atoms with Crippen molar-refractivity contribution >= 4 is 46.4 Å². The number of imidazole rings is 1. The lowest BCUT2D eigenvalue weighted by atomic mass is 10.0. The van der Waals surface area contributed by atoms with E-state index in [0.29, 0.717) is 23.5 Å². The zero-order valence-electron chi connectivity index (χ0n) is 18.9. The van der Waals surface area contributed by atoms with Crippen LogP contribution < -0.4 is 5.32 Å². The molecule has 2 aromatic carbocycles. The number of hydrogen-bond donors (Lipinski definition) is 2. The molecule has 1 aliphatic rings. The van der Waals surface area contributed by atoms with Crippen LogP contribution in [0.2, 0.25) is 0 Å². The standard InChI is InChI=1S/C24H25N5O4S2/c1-2-21-23(18-7-3-17(4-8-18)14-35(32)33)28-29(22(13-30)34-21)12-16-5-9-19(10-6-16)27-24(31)20-11-25-15-26-20/h3-11,13,15,21-22H,2,12,14H2,1H3,(H,25,26)(H,27,31)(H,32,33)/p-1. The molecule has 0 saturated carbocycles. The first-order chi connectivity index (χ1) is 17.0. The summed E-state index contributed by atoms with van der Waals surface area (Å²) in [7, 11) is 0. The van der Waals surface area contributed by atoms with Gasteiger partial charge in [0, 0.05) is 11.4 Å². The molecule has 1 amide bonds. The lowest BCUT2D eigenvalue weighted by Gasteiger charge is -2.34. The molecule has 3 unspecified atom stereocenters. The maximum atomic E-state index is 12.2. The van der Waals surface area contributed by atoms with Gasteiger partial charge in [-0.1, -0.05) is 54.4 Å². The molecular formula is C24H24N5O4S2-. The first kappa shape index (κ1) is 24.8. The van der Waals surface area contributed by atoms with E-state index in [2.05, 4.69) is 22.2 Å². The van der Waals surface area contributed by atoms with Gasteiger partial charge in [-0.15, -0.1) is 11.8 Å². The average Bonchev–Trinajstić information content (AvgIpc) is 3.40. The Kier molecular flexibility index (Phi) is 8.11. The monoisotopic (exact) mass is 510 g/mol. The van der Waals surface area contributed by atoms with Gasteiger partial charge in [0.25, 0.3) is 5.91 Å². The van der Waals surface area contributed by atoms with Crippen LogP contribution in [0.1, 0.15) is 40.5 Å². The fraction of sp³-hybridized carbons (Fsp3) is 0.250. The van der Waals surface area contributed by atoms with Gasteiger partial charge < -0.3 is 19.6 Å². The van der Waals surface area contributed by atoms with E-state index in [1.165, 1.54) is 12.5 Å². The molecule has 3 atom stereocenters. The second-order valence-corrected chi connectivity index (χ2v) is 10.1. The normalized spacial score (nSPS) is 18.6. The van der Waals surface area contributed by atoms with Crippen molar-refractivity contribution in [2.75, 3.05) is 5.32 Å². The molecule has 4 rings (SSSR count). The molecule has 0 fully saturated rings. The van der Waals surface area contributed by atoms with Crippen LogP contribution in [0.4, 0.5) is 5.69 Å². The molecule has 2 heterocycles. The minimum Gasteiger partial charge on any atom is -0.772 e. The van der Waals surface area contributed by atoms with Crippen molar-refractivity contribution < 1.29 is 18.4 Å². The number of carbonyl (C=O) groups excluding carboxylic acids is 2. The van der Waals surface area contributed by atoms with Gasteiger partial charge in [-0.05, 0) is 35.2 Å². The number of aromatic amines is 1. The summed E-state index contributed by atoms with van der Waals surface area (Å²) in [6.07, 6.45) is 4.60. The number of thioether (sulfide) groups is 1. The number of nitrogens with zero attached hydrogens (tertiary/aromatic N) is 3. The van der Waals surface area contributed by atoms with E-state index in [1.54, 1.807) is 41.0 Å². The Bertz CT molecular complexity index is 1210. The highest BCUT2D eigenvalue weighted by Crippen LogP contribution is 2.32. The van der Waals surface area contributed by atoms with Gasteiger partial charge in [0.05, 0.1) is 30.0 Å². The second kappa shape index (κ2) is 11.4. The van der Waals surface area contributed by atoms with Gasteiger partial charge in [0.2, 0.25) is 0 Å². The number of H-pyrrole nitrogens is 1. The summed E-state index contributed by atoms with van der Waals surface area (Å²) in [6, 6.07) is 14.7. The van der Waals surface area contributed by atoms with E-state index in [1.807, 2.05) is 24.3 Å². The predicted molar refractivity (Wildman–Crippen MR) is 136 cm³/mol. The van der Waals surface area contributed by atoms with E-state index in [-0.39, 0.29) is 16.9 Å². The Hall–Kier alpha value is -3.28. The Morgan fingerprint density at radius 3 is 2.51 bits per heavy atom. The van der Waals surface area contributed by atoms with Gasteiger partial charge in [0.15, 0.2) is 6.29 Å². The molecule has 0 bridgehead atoms. The third-order valence-electron chi connectivity index (χ3n) is 5.46. The largest absolute Gasteiger partial charge is 0.772 e. The number of amides is 1. The number of benzene rings is 2. The van der Waals surface area contributed by atoms with Crippen molar-refractivity contribution in [3.8, 4) is 0 Å². The molecule has 0 spiro atoms. The molecule has 1 aliphatic heterocycles. The molecule has 9 nitrogen and oxygen atoms in total. The lowest BCUT2D eigenvalue weighted by molar-refractivity contribution is -0.110. The van der Waals surface area contributed by atoms with E-state index < -0.39 is 16.5 Å². The predicted octanol–water partition coefficient (Wildman–Crippen LogP) is 3.30. The van der Waals surface area contributed by atoms with Gasteiger partial charge >= 0.3 is 0 Å². The summed E-state index contributed by atoms with van der Waals surface area (Å²) in [6.45, 7) is 2.47. The SMILES string of the molecule is CCC1SC(C=O)N(Cc2ccc(NC(=O)c3cnc[nH]3)cc2)N=C1c1ccc(CS(=O)[O-])cc1. The zero-order chi connectivity index (χ0) is 24.8. The van der Waals surface area contributed by atoms with E-state index >= 15 is 0 Å². The first-order valence-corrected chi connectivity index (χ1v) is 13.1. The Morgan fingerprint density at radius 1 is 1.20 bits per heavy atom. The third-order valence-corrected chi connectivity index (χ3v) is 7.55. The molecule has 0 radical (unpaired) electrons. The number of hydrazone groups is 1. The van der Waals surface area contributed by atoms with Crippen molar-refractivity contribution in [3.63, 3.8) is 0 Å². The molecule has 2 N–H and O–H groups in total. The average molecular weight is 511 g/mol. The summed E-state index contributed by atoms with van der Waals surface area (Å²) >= 11 is -0.594. The molecule has 1 aromatic heterocycles. The maximum absolute atomic E-state index is 12.2. The summed E-state index contributed by atoms with van der Waals surface area (Å²) < 4.78 is 22.0. The highest BCUT2D eigenvalue weighted by molar-refractivity contribution is 8.01. The Labute approximate surface area is 209 Å². The van der Waals surface area contributed by atoms with Crippen LogP contribution in [-0.2, 0) is 28.2 Å². The number of nitrogens with one attached hydrogen (secondary N) is 2. The number of rotatable bonds is 9. The van der Waals surface area contributed by atoms with E-state index in [0.717, 1.165) is 29.5 Å². The zero-order valence-corrected chi connectivity index (χ0v) is 20.6.